The third-order valence-electron chi connectivity index (χ3n) is 4.04. The van der Waals surface area contributed by atoms with Crippen molar-refractivity contribution in [2.75, 3.05) is 6.61 Å². The highest BCUT2D eigenvalue weighted by Crippen LogP contribution is 2.28. The van der Waals surface area contributed by atoms with Crippen LogP contribution in [0.1, 0.15) is 36.7 Å². The number of aryl methyl sites for hydroxylation is 1. The molecule has 1 N–H and O–H groups in total. The van der Waals surface area contributed by atoms with E-state index in [0.29, 0.717) is 28.8 Å². The Labute approximate surface area is 158 Å². The van der Waals surface area contributed by atoms with Crippen LogP contribution in [0.15, 0.2) is 36.4 Å². The molecule has 0 atom stereocenters. The molecule has 0 bridgehead atoms. The molecule has 1 heterocycles. The normalized spacial score (nSPS) is 11.5. The van der Waals surface area contributed by atoms with E-state index in [1.807, 2.05) is 31.2 Å². The van der Waals surface area contributed by atoms with Crippen molar-refractivity contribution >= 4 is 34.3 Å². The van der Waals surface area contributed by atoms with Crippen LogP contribution in [0.25, 0.3) is 22.7 Å². The maximum atomic E-state index is 9.64. The summed E-state index contributed by atoms with van der Waals surface area (Å²) in [5, 5.41) is 10.2. The fraction of sp³-hybridized carbons (Fsp3) is 0.238. The SMILES string of the molecule is CCCCOc1ccc(Cl)cc1/C=C(/C#N)c1nc2ccc(C)cc2[nH]1. The van der Waals surface area contributed by atoms with E-state index in [2.05, 4.69) is 23.0 Å². The van der Waals surface area contributed by atoms with Crippen LogP contribution in [0.5, 0.6) is 5.75 Å². The summed E-state index contributed by atoms with van der Waals surface area (Å²) in [6.07, 6.45) is 3.79. The number of fused-ring (bicyclic) bond motifs is 1. The van der Waals surface area contributed by atoms with Gasteiger partial charge in [-0.3, -0.25) is 0 Å². The van der Waals surface area contributed by atoms with Gasteiger partial charge >= 0.3 is 0 Å². The molecular weight excluding hydrogens is 346 g/mol. The summed E-state index contributed by atoms with van der Waals surface area (Å²) < 4.78 is 5.85. The molecule has 4 nitrogen and oxygen atoms in total. The summed E-state index contributed by atoms with van der Waals surface area (Å²) in [6, 6.07) is 13.6. The van der Waals surface area contributed by atoms with Gasteiger partial charge in [0.25, 0.3) is 0 Å². The van der Waals surface area contributed by atoms with E-state index in [4.69, 9.17) is 16.3 Å². The van der Waals surface area contributed by atoms with Crippen LogP contribution in [0.4, 0.5) is 0 Å². The van der Waals surface area contributed by atoms with Crippen molar-refractivity contribution < 1.29 is 4.74 Å². The maximum absolute atomic E-state index is 9.64. The number of nitrogens with zero attached hydrogens (tertiary/aromatic N) is 2. The van der Waals surface area contributed by atoms with Crippen molar-refractivity contribution in [3.8, 4) is 11.8 Å². The Morgan fingerprint density at radius 3 is 2.92 bits per heavy atom. The van der Waals surface area contributed by atoms with Gasteiger partial charge in [0.2, 0.25) is 0 Å². The lowest BCUT2D eigenvalue weighted by Crippen LogP contribution is -1.98. The van der Waals surface area contributed by atoms with Gasteiger partial charge in [0.15, 0.2) is 0 Å². The van der Waals surface area contributed by atoms with Gasteiger partial charge in [0.1, 0.15) is 17.6 Å². The number of hydrogen-bond donors (Lipinski definition) is 1. The summed E-state index contributed by atoms with van der Waals surface area (Å²) in [6.45, 7) is 4.76. The molecular formula is C21H20ClN3O. The largest absolute Gasteiger partial charge is 0.493 e. The van der Waals surface area contributed by atoms with Gasteiger partial charge in [0, 0.05) is 10.6 Å². The lowest BCUT2D eigenvalue weighted by molar-refractivity contribution is 0.309. The van der Waals surface area contributed by atoms with Crippen molar-refractivity contribution in [1.82, 2.24) is 9.97 Å². The number of unbranched alkanes of at least 4 members (excludes halogenated alkanes) is 1. The third-order valence-corrected chi connectivity index (χ3v) is 4.28. The molecule has 0 radical (unpaired) electrons. The van der Waals surface area contributed by atoms with E-state index in [0.717, 1.165) is 35.0 Å². The van der Waals surface area contributed by atoms with E-state index >= 15 is 0 Å². The number of benzene rings is 2. The number of H-pyrrole nitrogens is 1. The Hall–Kier alpha value is -2.77. The zero-order valence-corrected chi connectivity index (χ0v) is 15.6. The smallest absolute Gasteiger partial charge is 0.149 e. The Morgan fingerprint density at radius 1 is 1.31 bits per heavy atom. The number of nitriles is 1. The van der Waals surface area contributed by atoms with Crippen LogP contribution in [0.2, 0.25) is 5.02 Å². The van der Waals surface area contributed by atoms with E-state index < -0.39 is 0 Å². The average molecular weight is 366 g/mol. The molecule has 0 aliphatic heterocycles. The first-order valence-electron chi connectivity index (χ1n) is 8.61. The first-order valence-corrected chi connectivity index (χ1v) is 8.99. The van der Waals surface area contributed by atoms with E-state index in [1.165, 1.54) is 0 Å². The number of aromatic nitrogens is 2. The zero-order valence-electron chi connectivity index (χ0n) is 14.8. The second-order valence-electron chi connectivity index (χ2n) is 6.16. The summed E-state index contributed by atoms with van der Waals surface area (Å²) in [4.78, 5) is 7.75. The first-order chi connectivity index (χ1) is 12.6. The van der Waals surface area contributed by atoms with Gasteiger partial charge < -0.3 is 9.72 Å². The monoisotopic (exact) mass is 365 g/mol. The molecule has 0 aliphatic carbocycles. The lowest BCUT2D eigenvalue weighted by atomic mass is 10.1. The van der Waals surface area contributed by atoms with Crippen molar-refractivity contribution in [2.24, 2.45) is 0 Å². The molecule has 5 heteroatoms. The number of ether oxygens (including phenoxy) is 1. The molecule has 0 fully saturated rings. The van der Waals surface area contributed by atoms with Gasteiger partial charge in [-0.2, -0.15) is 5.26 Å². The van der Waals surface area contributed by atoms with Gasteiger partial charge in [-0.1, -0.05) is 31.0 Å². The lowest BCUT2D eigenvalue weighted by Gasteiger charge is -2.09. The van der Waals surface area contributed by atoms with Gasteiger partial charge in [-0.25, -0.2) is 4.98 Å². The molecule has 0 spiro atoms. The highest BCUT2D eigenvalue weighted by molar-refractivity contribution is 6.30. The fourth-order valence-electron chi connectivity index (χ4n) is 2.65. The molecule has 0 aliphatic rings. The fourth-order valence-corrected chi connectivity index (χ4v) is 2.83. The number of nitrogens with one attached hydrogen (secondary N) is 1. The minimum Gasteiger partial charge on any atom is -0.493 e. The second kappa shape index (κ2) is 8.07. The molecule has 0 amide bonds. The van der Waals surface area contributed by atoms with Gasteiger partial charge in [0.05, 0.1) is 23.2 Å². The van der Waals surface area contributed by atoms with Crippen molar-refractivity contribution in [2.45, 2.75) is 26.7 Å². The summed E-state index contributed by atoms with van der Waals surface area (Å²) in [5.41, 5.74) is 4.07. The topological polar surface area (TPSA) is 61.7 Å². The number of allylic oxidation sites excluding steroid dienone is 1. The van der Waals surface area contributed by atoms with Crippen molar-refractivity contribution in [3.05, 3.63) is 58.4 Å². The van der Waals surface area contributed by atoms with E-state index in [1.54, 1.807) is 18.2 Å². The Bertz CT molecular complexity index is 998. The summed E-state index contributed by atoms with van der Waals surface area (Å²) in [7, 11) is 0. The minimum atomic E-state index is 0.432. The van der Waals surface area contributed by atoms with Crippen LogP contribution in [0, 0.1) is 18.3 Å². The van der Waals surface area contributed by atoms with Crippen LogP contribution >= 0.6 is 11.6 Å². The summed E-state index contributed by atoms with van der Waals surface area (Å²) in [5.74, 6) is 1.25. The molecule has 132 valence electrons. The molecule has 2 aromatic carbocycles. The third kappa shape index (κ3) is 4.07. The van der Waals surface area contributed by atoms with E-state index in [9.17, 15) is 5.26 Å². The average Bonchev–Trinajstić information content (AvgIpc) is 3.04. The number of halogens is 1. The second-order valence-corrected chi connectivity index (χ2v) is 6.60. The first kappa shape index (κ1) is 18.0. The molecule has 0 saturated carbocycles. The zero-order chi connectivity index (χ0) is 18.5. The van der Waals surface area contributed by atoms with Gasteiger partial charge in [-0.05, 0) is 55.3 Å². The van der Waals surface area contributed by atoms with Crippen LogP contribution in [-0.2, 0) is 0 Å². The molecule has 3 aromatic rings. The maximum Gasteiger partial charge on any atom is 0.149 e. The highest BCUT2D eigenvalue weighted by atomic mass is 35.5. The Morgan fingerprint density at radius 2 is 2.15 bits per heavy atom. The quantitative estimate of drug-likeness (QED) is 0.445. The number of imidazole rings is 1. The molecule has 26 heavy (non-hydrogen) atoms. The molecule has 0 unspecified atom stereocenters. The Kier molecular flexibility index (Phi) is 5.60. The molecule has 3 rings (SSSR count). The molecule has 1 aromatic heterocycles. The minimum absolute atomic E-state index is 0.432. The highest BCUT2D eigenvalue weighted by Gasteiger charge is 2.10. The standard InChI is InChI=1S/C21H20ClN3O/c1-3-4-9-26-20-8-6-17(22)12-15(20)11-16(13-23)21-24-18-7-5-14(2)10-19(18)25-21/h5-8,10-12H,3-4,9H2,1-2H3,(H,24,25)/b16-11-. The predicted octanol–water partition coefficient (Wildman–Crippen LogP) is 5.77. The number of hydrogen-bond acceptors (Lipinski definition) is 3. The number of aromatic amines is 1. The van der Waals surface area contributed by atoms with E-state index in [-0.39, 0.29) is 0 Å². The van der Waals surface area contributed by atoms with Crippen LogP contribution < -0.4 is 4.74 Å². The van der Waals surface area contributed by atoms with Crippen molar-refractivity contribution in [1.29, 1.82) is 5.26 Å². The predicted molar refractivity (Wildman–Crippen MR) is 106 cm³/mol. The molecule has 0 saturated heterocycles. The van der Waals surface area contributed by atoms with Gasteiger partial charge in [-0.15, -0.1) is 0 Å². The summed E-state index contributed by atoms with van der Waals surface area (Å²) >= 11 is 6.14. The number of rotatable bonds is 6. The van der Waals surface area contributed by atoms with Crippen molar-refractivity contribution in [3.63, 3.8) is 0 Å². The van der Waals surface area contributed by atoms with Crippen LogP contribution in [-0.4, -0.2) is 16.6 Å². The Balaban J connectivity index is 2.00. The van der Waals surface area contributed by atoms with Crippen LogP contribution in [0.3, 0.4) is 0 Å².